The van der Waals surface area contributed by atoms with Gasteiger partial charge in [0.25, 0.3) is 0 Å². The fraction of sp³-hybridized carbons (Fsp3) is 0.824. The number of rotatable bonds is 6. The normalized spacial score (nSPS) is 20.2. The van der Waals surface area contributed by atoms with Crippen molar-refractivity contribution in [3.8, 4) is 0 Å². The molecule has 4 nitrogen and oxygen atoms in total. The Bertz CT molecular complexity index is 433. The fourth-order valence-corrected chi connectivity index (χ4v) is 3.58. The zero-order chi connectivity index (χ0) is 15.3. The minimum absolute atomic E-state index is 0.0515. The number of hydrogen-bond donors (Lipinski definition) is 1. The molecule has 0 spiro atoms. The van der Waals surface area contributed by atoms with Crippen LogP contribution in [-0.2, 0) is 24.6 Å². The Morgan fingerprint density at radius 1 is 1.29 bits per heavy atom. The van der Waals surface area contributed by atoms with Crippen LogP contribution in [0.25, 0.3) is 0 Å². The van der Waals surface area contributed by atoms with E-state index in [0.717, 1.165) is 38.0 Å². The standard InChI is InChI=1S/C17H31N3O/c1-4-14-12-15(20(3)19-14)13-16(18)17(21-5-2)10-8-6-7-9-11-17/h12,16H,4-11,13,18H2,1-3H3. The van der Waals surface area contributed by atoms with Gasteiger partial charge < -0.3 is 10.5 Å². The lowest BCUT2D eigenvalue weighted by molar-refractivity contribution is -0.0686. The maximum atomic E-state index is 6.62. The molecule has 2 rings (SSSR count). The van der Waals surface area contributed by atoms with E-state index in [2.05, 4.69) is 25.0 Å². The molecule has 1 unspecified atom stereocenters. The monoisotopic (exact) mass is 293 g/mol. The third-order valence-corrected chi connectivity index (χ3v) is 4.88. The summed E-state index contributed by atoms with van der Waals surface area (Å²) in [7, 11) is 2.02. The lowest BCUT2D eigenvalue weighted by Gasteiger charge is -2.38. The Hall–Kier alpha value is -0.870. The van der Waals surface area contributed by atoms with Crippen molar-refractivity contribution in [2.75, 3.05) is 6.61 Å². The van der Waals surface area contributed by atoms with Crippen LogP contribution in [0.2, 0.25) is 0 Å². The van der Waals surface area contributed by atoms with Crippen molar-refractivity contribution in [1.29, 1.82) is 0 Å². The minimum atomic E-state index is -0.137. The van der Waals surface area contributed by atoms with Crippen LogP contribution in [0.1, 0.15) is 63.8 Å². The Morgan fingerprint density at radius 3 is 2.48 bits per heavy atom. The van der Waals surface area contributed by atoms with Crippen LogP contribution >= 0.6 is 0 Å². The van der Waals surface area contributed by atoms with Gasteiger partial charge in [-0.05, 0) is 32.3 Å². The summed E-state index contributed by atoms with van der Waals surface area (Å²) in [6.45, 7) is 4.97. The molecule has 0 radical (unpaired) electrons. The zero-order valence-corrected chi connectivity index (χ0v) is 13.9. The van der Waals surface area contributed by atoms with E-state index in [4.69, 9.17) is 10.5 Å². The van der Waals surface area contributed by atoms with Crippen LogP contribution < -0.4 is 5.73 Å². The lowest BCUT2D eigenvalue weighted by Crippen LogP contribution is -2.51. The summed E-state index contributed by atoms with van der Waals surface area (Å²) in [6, 6.07) is 2.24. The lowest BCUT2D eigenvalue weighted by atomic mass is 9.84. The molecule has 0 aromatic carbocycles. The highest BCUT2D eigenvalue weighted by atomic mass is 16.5. The van der Waals surface area contributed by atoms with E-state index in [0.29, 0.717) is 0 Å². The second-order valence-corrected chi connectivity index (χ2v) is 6.33. The molecule has 1 aromatic rings. The number of nitrogens with two attached hydrogens (primary N) is 1. The fourth-order valence-electron chi connectivity index (χ4n) is 3.58. The Kier molecular flexibility index (Phi) is 5.82. The average Bonchev–Trinajstić information content (AvgIpc) is 2.68. The Balaban J connectivity index is 2.13. The first-order valence-corrected chi connectivity index (χ1v) is 8.52. The molecule has 0 aliphatic heterocycles. The second-order valence-electron chi connectivity index (χ2n) is 6.33. The Labute approximate surface area is 129 Å². The highest BCUT2D eigenvalue weighted by Crippen LogP contribution is 2.34. The van der Waals surface area contributed by atoms with E-state index in [-0.39, 0.29) is 11.6 Å². The van der Waals surface area contributed by atoms with Crippen LogP contribution in [0.4, 0.5) is 0 Å². The molecule has 2 N–H and O–H groups in total. The molecule has 1 aliphatic rings. The topological polar surface area (TPSA) is 53.1 Å². The zero-order valence-electron chi connectivity index (χ0n) is 13.9. The van der Waals surface area contributed by atoms with Gasteiger partial charge in [-0.15, -0.1) is 0 Å². The van der Waals surface area contributed by atoms with Crippen LogP contribution in [0.15, 0.2) is 6.07 Å². The molecular formula is C17H31N3O. The first-order chi connectivity index (χ1) is 10.1. The van der Waals surface area contributed by atoms with Crippen molar-refractivity contribution in [1.82, 2.24) is 9.78 Å². The molecule has 0 amide bonds. The van der Waals surface area contributed by atoms with Crippen LogP contribution in [0, 0.1) is 0 Å². The molecule has 0 bridgehead atoms. The summed E-state index contributed by atoms with van der Waals surface area (Å²) in [5.74, 6) is 0. The van der Waals surface area contributed by atoms with Crippen LogP contribution in [0.3, 0.4) is 0 Å². The van der Waals surface area contributed by atoms with Gasteiger partial charge in [0.15, 0.2) is 0 Å². The highest BCUT2D eigenvalue weighted by molar-refractivity contribution is 5.13. The smallest absolute Gasteiger partial charge is 0.0836 e. The van der Waals surface area contributed by atoms with Gasteiger partial charge in [-0.25, -0.2) is 0 Å². The quantitative estimate of drug-likeness (QED) is 0.820. The van der Waals surface area contributed by atoms with Gasteiger partial charge in [-0.1, -0.05) is 32.6 Å². The highest BCUT2D eigenvalue weighted by Gasteiger charge is 2.38. The molecular weight excluding hydrogens is 262 g/mol. The molecule has 1 saturated carbocycles. The summed E-state index contributed by atoms with van der Waals surface area (Å²) in [4.78, 5) is 0. The molecule has 1 heterocycles. The van der Waals surface area contributed by atoms with Gasteiger partial charge in [0.1, 0.15) is 0 Å². The third-order valence-electron chi connectivity index (χ3n) is 4.88. The van der Waals surface area contributed by atoms with Crippen LogP contribution in [0.5, 0.6) is 0 Å². The van der Waals surface area contributed by atoms with Crippen molar-refractivity contribution >= 4 is 0 Å². The molecule has 1 fully saturated rings. The third kappa shape index (κ3) is 3.86. The van der Waals surface area contributed by atoms with E-state index in [1.165, 1.54) is 31.4 Å². The molecule has 1 atom stereocenters. The number of ether oxygens (including phenoxy) is 1. The van der Waals surface area contributed by atoms with E-state index < -0.39 is 0 Å². The van der Waals surface area contributed by atoms with E-state index in [9.17, 15) is 0 Å². The number of nitrogens with zero attached hydrogens (tertiary/aromatic N) is 2. The van der Waals surface area contributed by atoms with Crippen molar-refractivity contribution < 1.29 is 4.74 Å². The first-order valence-electron chi connectivity index (χ1n) is 8.52. The van der Waals surface area contributed by atoms with Crippen LogP contribution in [-0.4, -0.2) is 28.0 Å². The van der Waals surface area contributed by atoms with Gasteiger partial charge in [-0.3, -0.25) is 4.68 Å². The average molecular weight is 293 g/mol. The summed E-state index contributed by atoms with van der Waals surface area (Å²) in [5.41, 5.74) is 8.86. The largest absolute Gasteiger partial charge is 0.374 e. The van der Waals surface area contributed by atoms with Crippen molar-refractivity contribution in [3.05, 3.63) is 17.5 Å². The van der Waals surface area contributed by atoms with Crippen molar-refractivity contribution in [3.63, 3.8) is 0 Å². The van der Waals surface area contributed by atoms with Crippen molar-refractivity contribution in [2.24, 2.45) is 12.8 Å². The maximum Gasteiger partial charge on any atom is 0.0836 e. The van der Waals surface area contributed by atoms with Gasteiger partial charge in [0.05, 0.1) is 11.3 Å². The summed E-state index contributed by atoms with van der Waals surface area (Å²) >= 11 is 0. The predicted octanol–water partition coefficient (Wildman–Crippen LogP) is 2.98. The molecule has 21 heavy (non-hydrogen) atoms. The number of hydrogen-bond acceptors (Lipinski definition) is 3. The van der Waals surface area contributed by atoms with Crippen molar-refractivity contribution in [2.45, 2.75) is 76.9 Å². The maximum absolute atomic E-state index is 6.62. The summed E-state index contributed by atoms with van der Waals surface area (Å²) in [5, 5.41) is 4.53. The van der Waals surface area contributed by atoms with E-state index >= 15 is 0 Å². The first kappa shape index (κ1) is 16.5. The molecule has 0 saturated heterocycles. The molecule has 4 heteroatoms. The van der Waals surface area contributed by atoms with E-state index in [1.54, 1.807) is 0 Å². The van der Waals surface area contributed by atoms with Gasteiger partial charge in [-0.2, -0.15) is 5.10 Å². The number of aromatic nitrogens is 2. The second kappa shape index (κ2) is 7.41. The van der Waals surface area contributed by atoms with Gasteiger partial charge >= 0.3 is 0 Å². The predicted molar refractivity (Wildman–Crippen MR) is 86.3 cm³/mol. The molecule has 120 valence electrons. The summed E-state index contributed by atoms with van der Waals surface area (Å²) < 4.78 is 8.18. The van der Waals surface area contributed by atoms with Gasteiger partial charge in [0, 0.05) is 31.8 Å². The summed E-state index contributed by atoms with van der Waals surface area (Å²) in [6.07, 6.45) is 9.11. The minimum Gasteiger partial charge on any atom is -0.374 e. The molecule has 1 aromatic heterocycles. The molecule has 1 aliphatic carbocycles. The SMILES string of the molecule is CCOC1(C(N)Cc2cc(CC)nn2C)CCCCCC1. The number of aryl methyl sites for hydroxylation is 2. The van der Waals surface area contributed by atoms with Gasteiger partial charge in [0.2, 0.25) is 0 Å². The van der Waals surface area contributed by atoms with E-state index in [1.807, 2.05) is 11.7 Å². The Morgan fingerprint density at radius 2 is 1.95 bits per heavy atom.